The van der Waals surface area contributed by atoms with Gasteiger partial charge >= 0.3 is 3.12 Å². The van der Waals surface area contributed by atoms with E-state index in [1.54, 1.807) is 17.0 Å². The quantitative estimate of drug-likeness (QED) is 0.582. The summed E-state index contributed by atoms with van der Waals surface area (Å²) in [6.07, 6.45) is 0.787. The highest BCUT2D eigenvalue weighted by molar-refractivity contribution is 7.97. The van der Waals surface area contributed by atoms with Crippen LogP contribution in [-0.2, 0) is 28.9 Å². The zero-order chi connectivity index (χ0) is 14.2. The molecule has 0 fully saturated rings. The summed E-state index contributed by atoms with van der Waals surface area (Å²) in [5.41, 5.74) is 2.10. The monoisotopic (exact) mass is 339 g/mol. The Morgan fingerprint density at radius 1 is 1.37 bits per heavy atom. The van der Waals surface area contributed by atoms with Crippen molar-refractivity contribution in [2.24, 2.45) is 0 Å². The normalized spacial score (nSPS) is 17.0. The number of hydrogen-bond donors (Lipinski definition) is 0. The van der Waals surface area contributed by atoms with Crippen LogP contribution in [-0.4, -0.2) is 25.0 Å². The summed E-state index contributed by atoms with van der Waals surface area (Å²) in [5, 5.41) is 0. The Morgan fingerprint density at radius 3 is 2.63 bits per heavy atom. The predicted molar refractivity (Wildman–Crippen MR) is 77.9 cm³/mol. The zero-order valence-corrected chi connectivity index (χ0v) is 13.2. The minimum absolute atomic E-state index is 0.0264. The fourth-order valence-corrected chi connectivity index (χ4v) is 3.56. The number of alkyl halides is 3. The van der Waals surface area contributed by atoms with Crippen LogP contribution in [0.1, 0.15) is 18.1 Å². The standard InChI is InChI=1S/C12H12Cl3NO2S/c1-8(17)16-5-4-9-2-3-11(6-10(9)7-16)19(18)12(13,14)15/h2-3,6H,4-5,7H2,1H3. The summed E-state index contributed by atoms with van der Waals surface area (Å²) in [5.74, 6) is 0.0264. The number of carbonyl (C=O) groups is 1. The lowest BCUT2D eigenvalue weighted by Crippen LogP contribution is -2.34. The van der Waals surface area contributed by atoms with Gasteiger partial charge in [0.05, 0.1) is 0 Å². The molecule has 1 heterocycles. The molecule has 0 aromatic heterocycles. The second-order valence-corrected chi connectivity index (χ2v) is 8.91. The third kappa shape index (κ3) is 3.50. The van der Waals surface area contributed by atoms with Crippen molar-refractivity contribution in [2.75, 3.05) is 6.54 Å². The van der Waals surface area contributed by atoms with Gasteiger partial charge in [-0.15, -0.1) is 0 Å². The van der Waals surface area contributed by atoms with Crippen molar-refractivity contribution in [1.29, 1.82) is 0 Å². The molecule has 0 aliphatic carbocycles. The van der Waals surface area contributed by atoms with Crippen molar-refractivity contribution in [3.05, 3.63) is 29.3 Å². The zero-order valence-electron chi connectivity index (χ0n) is 10.2. The van der Waals surface area contributed by atoms with E-state index in [2.05, 4.69) is 0 Å². The SMILES string of the molecule is CC(=O)N1CCc2ccc([S+]([O-])C(Cl)(Cl)Cl)cc2C1. The molecule has 1 aromatic carbocycles. The van der Waals surface area contributed by atoms with Crippen LogP contribution < -0.4 is 0 Å². The van der Waals surface area contributed by atoms with Crippen LogP contribution in [0, 0.1) is 0 Å². The molecule has 2 rings (SSSR count). The minimum Gasteiger partial charge on any atom is -0.608 e. The van der Waals surface area contributed by atoms with E-state index < -0.39 is 14.3 Å². The van der Waals surface area contributed by atoms with Gasteiger partial charge in [0, 0.05) is 31.2 Å². The summed E-state index contributed by atoms with van der Waals surface area (Å²) in [6.45, 7) is 2.75. The fraction of sp³-hybridized carbons (Fsp3) is 0.417. The second-order valence-electron chi connectivity index (χ2n) is 4.34. The molecular weight excluding hydrogens is 329 g/mol. The largest absolute Gasteiger partial charge is 0.608 e. The number of rotatable bonds is 1. The van der Waals surface area contributed by atoms with E-state index in [-0.39, 0.29) is 5.91 Å². The molecule has 0 saturated heterocycles. The molecule has 1 aliphatic heterocycles. The molecule has 7 heteroatoms. The van der Waals surface area contributed by atoms with Gasteiger partial charge < -0.3 is 9.45 Å². The highest BCUT2D eigenvalue weighted by Gasteiger charge is 2.37. The average molecular weight is 341 g/mol. The van der Waals surface area contributed by atoms with Crippen molar-refractivity contribution >= 4 is 51.9 Å². The Bertz CT molecular complexity index is 504. The lowest BCUT2D eigenvalue weighted by atomic mass is 10.00. The second kappa shape index (κ2) is 5.70. The Kier molecular flexibility index (Phi) is 4.58. The third-order valence-electron chi connectivity index (χ3n) is 3.06. The van der Waals surface area contributed by atoms with Gasteiger partial charge in [0.15, 0.2) is 4.90 Å². The maximum atomic E-state index is 12.0. The first-order chi connectivity index (χ1) is 8.79. The smallest absolute Gasteiger partial charge is 0.355 e. The van der Waals surface area contributed by atoms with E-state index in [1.807, 2.05) is 6.07 Å². The molecule has 104 valence electrons. The summed E-state index contributed by atoms with van der Waals surface area (Å²) < 4.78 is 10.2. The molecule has 19 heavy (non-hydrogen) atoms. The number of nitrogens with zero attached hydrogens (tertiary/aromatic N) is 1. The molecule has 1 aliphatic rings. The van der Waals surface area contributed by atoms with E-state index in [0.29, 0.717) is 18.0 Å². The van der Waals surface area contributed by atoms with Gasteiger partial charge in [0.2, 0.25) is 5.91 Å². The van der Waals surface area contributed by atoms with Gasteiger partial charge in [-0.25, -0.2) is 0 Å². The Hall–Kier alpha value is -0.130. The van der Waals surface area contributed by atoms with Crippen LogP contribution >= 0.6 is 34.8 Å². The maximum Gasteiger partial charge on any atom is 0.355 e. The molecule has 0 radical (unpaired) electrons. The minimum atomic E-state index is -1.84. The molecule has 0 saturated carbocycles. The molecule has 1 atom stereocenters. The summed E-state index contributed by atoms with van der Waals surface area (Å²) >= 11 is 15.2. The number of amides is 1. The van der Waals surface area contributed by atoms with Crippen molar-refractivity contribution in [2.45, 2.75) is 27.9 Å². The third-order valence-corrected chi connectivity index (χ3v) is 5.42. The first-order valence-electron chi connectivity index (χ1n) is 5.65. The van der Waals surface area contributed by atoms with Gasteiger partial charge in [-0.1, -0.05) is 6.07 Å². The van der Waals surface area contributed by atoms with Crippen LogP contribution in [0.4, 0.5) is 0 Å². The highest BCUT2D eigenvalue weighted by atomic mass is 35.6. The fourth-order valence-electron chi connectivity index (χ4n) is 2.05. The van der Waals surface area contributed by atoms with E-state index in [9.17, 15) is 9.35 Å². The molecule has 1 amide bonds. The van der Waals surface area contributed by atoms with Crippen molar-refractivity contribution < 1.29 is 9.35 Å². The Morgan fingerprint density at radius 2 is 2.05 bits per heavy atom. The lowest BCUT2D eigenvalue weighted by Gasteiger charge is -2.28. The molecule has 3 nitrogen and oxygen atoms in total. The first kappa shape index (κ1) is 15.3. The number of hydrogen-bond acceptors (Lipinski definition) is 2. The number of halogens is 3. The van der Waals surface area contributed by atoms with E-state index in [4.69, 9.17) is 34.8 Å². The van der Waals surface area contributed by atoms with Crippen LogP contribution in [0.3, 0.4) is 0 Å². The van der Waals surface area contributed by atoms with Gasteiger partial charge in [0.25, 0.3) is 0 Å². The van der Waals surface area contributed by atoms with Crippen LogP contribution in [0.15, 0.2) is 23.1 Å². The topological polar surface area (TPSA) is 43.4 Å². The van der Waals surface area contributed by atoms with Crippen molar-refractivity contribution in [3.63, 3.8) is 0 Å². The molecule has 1 aromatic rings. The Balaban J connectivity index is 2.28. The van der Waals surface area contributed by atoms with Crippen LogP contribution in [0.25, 0.3) is 0 Å². The van der Waals surface area contributed by atoms with E-state index >= 15 is 0 Å². The number of benzene rings is 1. The summed E-state index contributed by atoms with van der Waals surface area (Å²) in [7, 11) is 0. The van der Waals surface area contributed by atoms with E-state index in [1.165, 1.54) is 6.92 Å². The summed E-state index contributed by atoms with van der Waals surface area (Å²) in [6, 6.07) is 5.35. The average Bonchev–Trinajstić information content (AvgIpc) is 2.35. The number of carbonyl (C=O) groups excluding carboxylic acids is 1. The first-order valence-corrected chi connectivity index (χ1v) is 7.93. The molecule has 0 spiro atoms. The molecule has 1 unspecified atom stereocenters. The molecular formula is C12H12Cl3NO2S. The van der Waals surface area contributed by atoms with Gasteiger partial charge in [-0.2, -0.15) is 0 Å². The van der Waals surface area contributed by atoms with Crippen LogP contribution in [0.2, 0.25) is 0 Å². The van der Waals surface area contributed by atoms with Gasteiger partial charge in [0.1, 0.15) is 0 Å². The molecule has 0 bridgehead atoms. The van der Waals surface area contributed by atoms with Crippen molar-refractivity contribution in [3.8, 4) is 0 Å². The number of fused-ring (bicyclic) bond motifs is 1. The highest BCUT2D eigenvalue weighted by Crippen LogP contribution is 2.38. The van der Waals surface area contributed by atoms with Gasteiger partial charge in [-0.05, 0) is 64.5 Å². The lowest BCUT2D eigenvalue weighted by molar-refractivity contribution is -0.129. The maximum absolute atomic E-state index is 12.0. The Labute approximate surface area is 130 Å². The van der Waals surface area contributed by atoms with Crippen molar-refractivity contribution in [1.82, 2.24) is 4.90 Å². The van der Waals surface area contributed by atoms with Crippen LogP contribution in [0.5, 0.6) is 0 Å². The van der Waals surface area contributed by atoms with Gasteiger partial charge in [-0.3, -0.25) is 4.79 Å². The molecule has 0 N–H and O–H groups in total. The predicted octanol–water partition coefficient (Wildman–Crippen LogP) is 3.03. The van der Waals surface area contributed by atoms with E-state index in [0.717, 1.165) is 17.5 Å². The summed E-state index contributed by atoms with van der Waals surface area (Å²) in [4.78, 5) is 13.6.